The highest BCUT2D eigenvalue weighted by atomic mass is 16.5. The molecule has 2 saturated carbocycles. The Morgan fingerprint density at radius 3 is 1.65 bits per heavy atom. The summed E-state index contributed by atoms with van der Waals surface area (Å²) < 4.78 is 19.4. The van der Waals surface area contributed by atoms with Crippen LogP contribution >= 0.6 is 0 Å². The van der Waals surface area contributed by atoms with Gasteiger partial charge in [0.1, 0.15) is 16.7 Å². The molecule has 11 heterocycles. The van der Waals surface area contributed by atoms with Crippen LogP contribution in [-0.4, -0.2) is 181 Å². The maximum atomic E-state index is 12.5. The predicted octanol–water partition coefficient (Wildman–Crippen LogP) is 3.95. The molecular weight excluding hydrogens is 1020 g/mol. The van der Waals surface area contributed by atoms with Crippen molar-refractivity contribution >= 4 is 78.2 Å². The number of amides is 2. The minimum atomic E-state index is -0.214. The third-order valence-corrected chi connectivity index (χ3v) is 14.8. The van der Waals surface area contributed by atoms with Gasteiger partial charge < -0.3 is 45.5 Å². The number of hydrogen-bond donors (Lipinski definition) is 9. The molecule has 3 aromatic carbocycles. The summed E-state index contributed by atoms with van der Waals surface area (Å²) in [5, 5.41) is 26.5. The number of aromatic amines is 6. The molecule has 8 aromatic heterocycles. The number of benzene rings is 3. The molecule has 26 nitrogen and oxygen atoms in total. The van der Waals surface area contributed by atoms with Gasteiger partial charge in [-0.15, -0.1) is 0 Å². The summed E-state index contributed by atoms with van der Waals surface area (Å²) >= 11 is 0. The van der Waals surface area contributed by atoms with E-state index < -0.39 is 0 Å². The number of rotatable bonds is 9. The highest BCUT2D eigenvalue weighted by Gasteiger charge is 2.25. The van der Waals surface area contributed by atoms with Gasteiger partial charge in [-0.05, 0) is 78.8 Å². The molecule has 0 unspecified atom stereocenters. The number of morpholine rings is 3. The number of hydrogen-bond acceptors (Lipinski definition) is 16. The van der Waals surface area contributed by atoms with Crippen molar-refractivity contribution in [1.29, 1.82) is 0 Å². The van der Waals surface area contributed by atoms with Crippen molar-refractivity contribution in [2.45, 2.75) is 57.4 Å². The first-order valence-electron chi connectivity index (χ1n) is 27.2. The SMILES string of the molecule is NC1CC1.O=C(Nc1cn[nH]c1-c1nc2ccc(CN3CCOCC3)cc2[nH]1)NC1CC1.O=c1[nH]c2cn[nH]c2c2nc3cc(CN4CCOCC4)ccc3n12.O=c1[nH]c2cn[nH]c2c2nc3ccc(CN4CCOCC4)cc3n12. The Morgan fingerprint density at radius 1 is 0.562 bits per heavy atom. The van der Waals surface area contributed by atoms with Crippen molar-refractivity contribution < 1.29 is 19.0 Å². The maximum Gasteiger partial charge on any atom is 0.332 e. The average molecular weight is 1090 g/mol. The summed E-state index contributed by atoms with van der Waals surface area (Å²) in [5.41, 5.74) is 18.7. The highest BCUT2D eigenvalue weighted by molar-refractivity contribution is 5.95. The molecule has 3 aliphatic heterocycles. The molecule has 0 atom stereocenters. The molecule has 414 valence electrons. The lowest BCUT2D eigenvalue weighted by molar-refractivity contribution is 0.0341. The van der Waals surface area contributed by atoms with Crippen molar-refractivity contribution in [3.05, 3.63) is 111 Å². The number of anilines is 1. The number of aromatic nitrogens is 14. The molecule has 0 bridgehead atoms. The first-order chi connectivity index (χ1) is 39.2. The van der Waals surface area contributed by atoms with Crippen LogP contribution in [0.5, 0.6) is 0 Å². The van der Waals surface area contributed by atoms with E-state index in [0.717, 1.165) is 161 Å². The fourth-order valence-corrected chi connectivity index (χ4v) is 10.2. The fraction of sp³-hybridized carbons (Fsp3) is 0.389. The standard InChI is InChI=1S/C19H23N7O2.2C16H16N6O2.C3H7N/c27-19(21-13-2-3-13)24-16-10-20-25-17(16)18-22-14-4-1-12(9-15(14)23-18)11-26-5-7-28-8-6-26;23-16-19-12-8-17-20-14(12)15-18-11-7-10(1-2-13(11)22(15)16)9-21-3-5-24-6-4-21;23-16-19-12-8-17-20-14(12)15-18-11-2-1-10(7-13(11)22(15)16)9-21-3-5-24-6-4-21;4-3-1-2-3/h1,4,9-10,13H,2-3,5-8,11H2,(H,20,25)(H,22,23)(H2,21,24,27);2*1-2,7-8H,3-6,9H2,(H,17,20)(H,19,23);3H,1-2,4H2. The van der Waals surface area contributed by atoms with Gasteiger partial charge >= 0.3 is 17.4 Å². The van der Waals surface area contributed by atoms with Crippen molar-refractivity contribution in [2.24, 2.45) is 5.73 Å². The van der Waals surface area contributed by atoms with Crippen LogP contribution in [0.25, 0.3) is 78.0 Å². The number of imidazole rings is 3. The van der Waals surface area contributed by atoms with Crippen LogP contribution in [0.2, 0.25) is 0 Å². The number of urea groups is 1. The molecule has 11 aromatic rings. The number of nitrogens with two attached hydrogens (primary N) is 1. The van der Waals surface area contributed by atoms with Crippen LogP contribution in [0.15, 0.2) is 82.8 Å². The lowest BCUT2D eigenvalue weighted by atomic mass is 10.2. The highest BCUT2D eigenvalue weighted by Crippen LogP contribution is 2.28. The van der Waals surface area contributed by atoms with Gasteiger partial charge in [-0.3, -0.25) is 30.0 Å². The molecule has 10 N–H and O–H groups in total. The van der Waals surface area contributed by atoms with Crippen molar-refractivity contribution in [3.63, 3.8) is 0 Å². The zero-order valence-corrected chi connectivity index (χ0v) is 44.0. The Hall–Kier alpha value is -8.37. The van der Waals surface area contributed by atoms with Crippen LogP contribution in [0.4, 0.5) is 10.5 Å². The summed E-state index contributed by atoms with van der Waals surface area (Å²) in [5.74, 6) is 0.651. The summed E-state index contributed by atoms with van der Waals surface area (Å²) in [7, 11) is 0. The lowest BCUT2D eigenvalue weighted by Gasteiger charge is -2.26. The first kappa shape index (κ1) is 51.1. The summed E-state index contributed by atoms with van der Waals surface area (Å²) in [6.45, 7) is 13.0. The zero-order valence-electron chi connectivity index (χ0n) is 44.0. The molecule has 0 radical (unpaired) electrons. The smallest absolute Gasteiger partial charge is 0.332 e. The van der Waals surface area contributed by atoms with Crippen LogP contribution in [0, 0.1) is 0 Å². The number of carbonyl (C=O) groups excluding carboxylic acids is 1. The Kier molecular flexibility index (Phi) is 14.3. The molecule has 5 fully saturated rings. The van der Waals surface area contributed by atoms with Gasteiger partial charge in [0, 0.05) is 71.0 Å². The van der Waals surface area contributed by atoms with Crippen LogP contribution in [-0.2, 0) is 33.8 Å². The van der Waals surface area contributed by atoms with Gasteiger partial charge in [-0.25, -0.2) is 38.1 Å². The summed E-state index contributed by atoms with van der Waals surface area (Å²) in [6, 6.07) is 19.1. The van der Waals surface area contributed by atoms with Gasteiger partial charge in [-0.1, -0.05) is 18.2 Å². The second kappa shape index (κ2) is 22.4. The number of fused-ring (bicyclic) bond motifs is 11. The normalized spacial score (nSPS) is 17.4. The number of carbonyl (C=O) groups is 1. The number of ether oxygens (including phenoxy) is 3. The largest absolute Gasteiger partial charge is 0.379 e. The topological polar surface area (TPSA) is 320 Å². The Morgan fingerprint density at radius 2 is 1.07 bits per heavy atom. The summed E-state index contributed by atoms with van der Waals surface area (Å²) in [4.78, 5) is 66.9. The molecular formula is C54H62N20O6. The molecule has 3 saturated heterocycles. The van der Waals surface area contributed by atoms with Crippen LogP contribution < -0.4 is 27.7 Å². The lowest BCUT2D eigenvalue weighted by Crippen LogP contribution is -2.35. The van der Waals surface area contributed by atoms with Gasteiger partial charge in [0.25, 0.3) is 0 Å². The van der Waals surface area contributed by atoms with E-state index in [1.54, 1.807) is 27.4 Å². The van der Waals surface area contributed by atoms with Crippen LogP contribution in [0.3, 0.4) is 0 Å². The van der Waals surface area contributed by atoms with Gasteiger partial charge in [-0.2, -0.15) is 15.3 Å². The molecule has 2 amide bonds. The van der Waals surface area contributed by atoms with Gasteiger partial charge in [0.05, 0.1) is 108 Å². The average Bonchev–Trinajstić information content (AvgIpc) is 4.05. The van der Waals surface area contributed by atoms with Crippen molar-refractivity contribution in [3.8, 4) is 11.5 Å². The molecule has 5 aliphatic rings. The second-order valence-electron chi connectivity index (χ2n) is 20.8. The van der Waals surface area contributed by atoms with Crippen molar-refractivity contribution in [2.75, 3.05) is 84.2 Å². The molecule has 80 heavy (non-hydrogen) atoms. The molecule has 2 aliphatic carbocycles. The monoisotopic (exact) mass is 1090 g/mol. The zero-order chi connectivity index (χ0) is 54.1. The number of H-pyrrole nitrogens is 6. The van der Waals surface area contributed by atoms with E-state index >= 15 is 0 Å². The minimum absolute atomic E-state index is 0.204. The predicted molar refractivity (Wildman–Crippen MR) is 300 cm³/mol. The van der Waals surface area contributed by atoms with Crippen LogP contribution in [0.1, 0.15) is 42.4 Å². The molecule has 0 spiro atoms. The number of nitrogens with zero attached hydrogens (tertiary/aromatic N) is 11. The van der Waals surface area contributed by atoms with Gasteiger partial charge in [0.15, 0.2) is 17.1 Å². The third kappa shape index (κ3) is 11.3. The minimum Gasteiger partial charge on any atom is -0.379 e. The van der Waals surface area contributed by atoms with Gasteiger partial charge in [0.2, 0.25) is 0 Å². The molecule has 16 rings (SSSR count). The second-order valence-corrected chi connectivity index (χ2v) is 20.8. The van der Waals surface area contributed by atoms with E-state index in [-0.39, 0.29) is 17.4 Å². The maximum absolute atomic E-state index is 12.5. The number of nitrogens with one attached hydrogen (secondary N) is 8. The third-order valence-electron chi connectivity index (χ3n) is 14.8. The first-order valence-corrected chi connectivity index (χ1v) is 27.2. The van der Waals surface area contributed by atoms with E-state index in [0.29, 0.717) is 51.6 Å². The van der Waals surface area contributed by atoms with E-state index in [9.17, 15) is 14.4 Å². The van der Waals surface area contributed by atoms with E-state index in [1.807, 2.05) is 24.3 Å². The fourth-order valence-electron chi connectivity index (χ4n) is 10.2. The van der Waals surface area contributed by atoms with E-state index in [2.05, 4.69) is 116 Å². The van der Waals surface area contributed by atoms with E-state index in [4.69, 9.17) is 19.9 Å². The van der Waals surface area contributed by atoms with E-state index in [1.165, 1.54) is 24.0 Å². The summed E-state index contributed by atoms with van der Waals surface area (Å²) in [6.07, 6.45) is 9.41. The Labute approximate surface area is 454 Å². The molecule has 26 heteroatoms. The Balaban J connectivity index is 0.000000110. The van der Waals surface area contributed by atoms with Crippen molar-refractivity contribution in [1.82, 2.24) is 89.3 Å². The quantitative estimate of drug-likeness (QED) is 0.0988. The Bertz CT molecular complexity index is 4070.